The molecule has 0 fully saturated rings. The lowest BCUT2D eigenvalue weighted by Gasteiger charge is -2.14. The Kier molecular flexibility index (Phi) is 7.02. The van der Waals surface area contributed by atoms with Crippen molar-refractivity contribution in [2.24, 2.45) is 0 Å². The summed E-state index contributed by atoms with van der Waals surface area (Å²) in [4.78, 5) is 16.7. The van der Waals surface area contributed by atoms with Gasteiger partial charge < -0.3 is 4.42 Å². The van der Waals surface area contributed by atoms with E-state index in [1.165, 1.54) is 35.0 Å². The molecule has 0 amide bonds. The molecule has 0 saturated heterocycles. The second-order valence-corrected chi connectivity index (χ2v) is 17.2. The van der Waals surface area contributed by atoms with Crippen LogP contribution in [0.3, 0.4) is 0 Å². The van der Waals surface area contributed by atoms with Gasteiger partial charge in [0.05, 0.1) is 0 Å². The van der Waals surface area contributed by atoms with Gasteiger partial charge in [0.25, 0.3) is 0 Å². The fourth-order valence-corrected chi connectivity index (χ4v) is 11.5. The van der Waals surface area contributed by atoms with Crippen LogP contribution in [-0.2, 0) is 0 Å². The third-order valence-corrected chi connectivity index (χ3v) is 14.0. The van der Waals surface area contributed by atoms with E-state index in [0.29, 0.717) is 17.5 Å². The maximum absolute atomic E-state index is 6.69. The van der Waals surface area contributed by atoms with Crippen LogP contribution in [0.4, 0.5) is 0 Å². The van der Waals surface area contributed by atoms with Crippen LogP contribution in [0.2, 0.25) is 0 Å². The molecule has 0 bridgehead atoms. The molecule has 13 aromatic rings. The number of thiophene rings is 2. The number of aromatic nitrogens is 3. The van der Waals surface area contributed by atoms with Crippen molar-refractivity contribution < 1.29 is 4.42 Å². The Labute approximate surface area is 345 Å². The molecule has 0 unspecified atom stereocenters. The smallest absolute Gasteiger partial charge is 0.164 e. The lowest BCUT2D eigenvalue weighted by molar-refractivity contribution is 0.672. The van der Waals surface area contributed by atoms with Crippen LogP contribution in [0.5, 0.6) is 0 Å². The molecule has 6 heteroatoms. The fourth-order valence-electron chi connectivity index (χ4n) is 9.04. The van der Waals surface area contributed by atoms with Crippen LogP contribution in [-0.4, -0.2) is 15.0 Å². The first kappa shape index (κ1) is 32.8. The van der Waals surface area contributed by atoms with Crippen molar-refractivity contribution in [3.8, 4) is 45.3 Å². The number of furan rings is 1. The van der Waals surface area contributed by atoms with Crippen molar-refractivity contribution in [1.82, 2.24) is 15.0 Å². The second kappa shape index (κ2) is 12.6. The van der Waals surface area contributed by atoms with Crippen LogP contribution >= 0.6 is 22.7 Å². The zero-order valence-corrected chi connectivity index (χ0v) is 32.9. The maximum atomic E-state index is 6.69. The van der Waals surface area contributed by atoms with Gasteiger partial charge in [0.1, 0.15) is 11.2 Å². The van der Waals surface area contributed by atoms with Crippen LogP contribution in [0, 0.1) is 0 Å². The summed E-state index contributed by atoms with van der Waals surface area (Å²) in [6.07, 6.45) is 0. The Bertz CT molecular complexity index is 3690. The standard InChI is InChI=1S/C53H29N3OS2/c1-2-14-30(15-3-1)33-28-39(46-37-21-9-12-24-43(37)58-45(46)29-33)51-54-52(40-26-31-16-4-6-18-34(31)49-47(40)36-20-8-11-23-42(36)57-49)56-53(55-51)41-27-32-17-5-7-19-35(32)50-48(41)38-22-10-13-25-44(38)59-50/h1-29H. The summed E-state index contributed by atoms with van der Waals surface area (Å²) in [5, 5.41) is 11.2. The molecule has 4 nitrogen and oxygen atoms in total. The molecule has 0 spiro atoms. The Morgan fingerprint density at radius 2 is 0.881 bits per heavy atom. The zero-order chi connectivity index (χ0) is 38.6. The molecule has 0 saturated carbocycles. The van der Waals surface area contributed by atoms with Crippen LogP contribution < -0.4 is 0 Å². The summed E-state index contributed by atoms with van der Waals surface area (Å²) < 4.78 is 11.6. The van der Waals surface area contributed by atoms with E-state index >= 15 is 0 Å². The summed E-state index contributed by atoms with van der Waals surface area (Å²) in [6.45, 7) is 0. The van der Waals surface area contributed by atoms with Crippen molar-refractivity contribution in [2.75, 3.05) is 0 Å². The van der Waals surface area contributed by atoms with Gasteiger partial charge in [0.15, 0.2) is 17.5 Å². The average Bonchev–Trinajstić information content (AvgIpc) is 4.01. The Hall–Kier alpha value is -7.25. The Morgan fingerprint density at radius 1 is 0.356 bits per heavy atom. The minimum absolute atomic E-state index is 0.603. The highest BCUT2D eigenvalue weighted by atomic mass is 32.1. The molecule has 0 radical (unpaired) electrons. The predicted molar refractivity (Wildman–Crippen MR) is 250 cm³/mol. The molecular formula is C53H29N3OS2. The number of hydrogen-bond acceptors (Lipinski definition) is 6. The number of rotatable bonds is 4. The van der Waals surface area contributed by atoms with Gasteiger partial charge in [-0.2, -0.15) is 0 Å². The first-order valence-electron chi connectivity index (χ1n) is 19.7. The molecule has 9 aromatic carbocycles. The molecule has 0 aliphatic heterocycles. The summed E-state index contributed by atoms with van der Waals surface area (Å²) >= 11 is 3.64. The largest absolute Gasteiger partial charge is 0.455 e. The molecule has 4 heterocycles. The summed E-state index contributed by atoms with van der Waals surface area (Å²) in [7, 11) is 0. The number of nitrogens with zero attached hydrogens (tertiary/aromatic N) is 3. The highest BCUT2D eigenvalue weighted by Gasteiger charge is 2.24. The lowest BCUT2D eigenvalue weighted by Crippen LogP contribution is -2.01. The van der Waals surface area contributed by atoms with Gasteiger partial charge in [-0.15, -0.1) is 22.7 Å². The van der Waals surface area contributed by atoms with Gasteiger partial charge in [-0.3, -0.25) is 0 Å². The Balaban J connectivity index is 1.20. The van der Waals surface area contributed by atoms with Crippen LogP contribution in [0.15, 0.2) is 180 Å². The lowest BCUT2D eigenvalue weighted by atomic mass is 9.97. The summed E-state index contributed by atoms with van der Waals surface area (Å²) in [5.74, 6) is 1.87. The fraction of sp³-hybridized carbons (Fsp3) is 0. The second-order valence-electron chi connectivity index (χ2n) is 15.1. The highest BCUT2D eigenvalue weighted by molar-refractivity contribution is 7.27. The topological polar surface area (TPSA) is 51.8 Å². The van der Waals surface area contributed by atoms with Crippen LogP contribution in [0.25, 0.3) is 129 Å². The number of para-hydroxylation sites is 1. The van der Waals surface area contributed by atoms with E-state index < -0.39 is 0 Å². The van der Waals surface area contributed by atoms with Crippen molar-refractivity contribution in [3.63, 3.8) is 0 Å². The number of benzene rings is 9. The normalized spacial score (nSPS) is 12.1. The van der Waals surface area contributed by atoms with E-state index in [2.05, 4.69) is 164 Å². The molecule has 274 valence electrons. The highest BCUT2D eigenvalue weighted by Crippen LogP contribution is 2.47. The quantitative estimate of drug-likeness (QED) is 0.178. The predicted octanol–water partition coefficient (Wildman–Crippen LogP) is 15.5. The van der Waals surface area contributed by atoms with Gasteiger partial charge >= 0.3 is 0 Å². The van der Waals surface area contributed by atoms with Gasteiger partial charge in [-0.05, 0) is 69.8 Å². The van der Waals surface area contributed by atoms with Crippen molar-refractivity contribution in [1.29, 1.82) is 0 Å². The van der Waals surface area contributed by atoms with Gasteiger partial charge in [-0.25, -0.2) is 15.0 Å². The molecule has 0 aliphatic rings. The monoisotopic (exact) mass is 787 g/mol. The average molecular weight is 788 g/mol. The SMILES string of the molecule is c1ccc(-c2cc(-c3nc(-c4cc5ccccc5c5oc6ccccc6c45)nc(-c4cc5ccccc5c5sc6ccccc6c45)n3)c3c(c2)sc2ccccc23)cc1. The summed E-state index contributed by atoms with van der Waals surface area (Å²) in [5.41, 5.74) is 6.80. The summed E-state index contributed by atoms with van der Waals surface area (Å²) in [6, 6.07) is 62.4. The van der Waals surface area contributed by atoms with E-state index in [9.17, 15) is 0 Å². The minimum atomic E-state index is 0.603. The maximum Gasteiger partial charge on any atom is 0.164 e. The first-order chi connectivity index (χ1) is 29.2. The zero-order valence-electron chi connectivity index (χ0n) is 31.3. The van der Waals surface area contributed by atoms with Gasteiger partial charge in [-0.1, -0.05) is 133 Å². The molecule has 0 N–H and O–H groups in total. The van der Waals surface area contributed by atoms with Crippen molar-refractivity contribution in [3.05, 3.63) is 176 Å². The minimum Gasteiger partial charge on any atom is -0.455 e. The molecule has 4 aromatic heterocycles. The number of hydrogen-bond donors (Lipinski definition) is 0. The third kappa shape index (κ3) is 4.97. The van der Waals surface area contributed by atoms with Gasteiger partial charge in [0, 0.05) is 73.2 Å². The van der Waals surface area contributed by atoms with Crippen molar-refractivity contribution in [2.45, 2.75) is 0 Å². The molecule has 0 atom stereocenters. The molecular weight excluding hydrogens is 759 g/mol. The van der Waals surface area contributed by atoms with Gasteiger partial charge in [0.2, 0.25) is 0 Å². The molecule has 13 rings (SSSR count). The van der Waals surface area contributed by atoms with E-state index in [1.807, 2.05) is 34.8 Å². The van der Waals surface area contributed by atoms with E-state index in [0.717, 1.165) is 76.7 Å². The Morgan fingerprint density at radius 3 is 1.61 bits per heavy atom. The van der Waals surface area contributed by atoms with E-state index in [-0.39, 0.29) is 0 Å². The first-order valence-corrected chi connectivity index (χ1v) is 21.3. The van der Waals surface area contributed by atoms with Crippen molar-refractivity contribution >= 4 is 107 Å². The number of fused-ring (bicyclic) bond motifs is 13. The van der Waals surface area contributed by atoms with E-state index in [4.69, 9.17) is 19.4 Å². The van der Waals surface area contributed by atoms with Crippen LogP contribution in [0.1, 0.15) is 0 Å². The third-order valence-electron chi connectivity index (χ3n) is 11.7. The van der Waals surface area contributed by atoms with E-state index in [1.54, 1.807) is 0 Å². The molecule has 0 aliphatic carbocycles. The molecule has 59 heavy (non-hydrogen) atoms.